The van der Waals surface area contributed by atoms with Crippen LogP contribution >= 0.6 is 0 Å². The number of carbonyl (C=O) groups is 1. The van der Waals surface area contributed by atoms with Crippen molar-refractivity contribution in [1.82, 2.24) is 9.80 Å². The van der Waals surface area contributed by atoms with E-state index in [-0.39, 0.29) is 18.6 Å². The Kier molecular flexibility index (Phi) is 5.90. The maximum Gasteiger partial charge on any atom is 0.231 e. The van der Waals surface area contributed by atoms with Gasteiger partial charge in [-0.3, -0.25) is 14.6 Å². The zero-order valence-corrected chi connectivity index (χ0v) is 12.9. The van der Waals surface area contributed by atoms with Crippen LogP contribution < -0.4 is 5.73 Å². The predicted octanol–water partition coefficient (Wildman–Crippen LogP) is 0.176. The highest BCUT2D eigenvalue weighted by molar-refractivity contribution is 5.75. The van der Waals surface area contributed by atoms with Gasteiger partial charge in [0.2, 0.25) is 5.91 Å². The van der Waals surface area contributed by atoms with Crippen LogP contribution in [0.5, 0.6) is 0 Å². The number of likely N-dealkylation sites (N-methyl/N-ethyl adjacent to an activating group) is 1. The Labute approximate surface area is 131 Å². The molecular weight excluding hydrogens is 280 g/mol. The molecule has 6 heteroatoms. The van der Waals surface area contributed by atoms with Gasteiger partial charge in [0.1, 0.15) is 0 Å². The van der Waals surface area contributed by atoms with E-state index in [2.05, 4.69) is 11.0 Å². The summed E-state index contributed by atoms with van der Waals surface area (Å²) in [5.74, 6) is -0.330. The molecule has 2 N–H and O–H groups in total. The number of carbonyl (C=O) groups excluding carboxylic acids is 1. The summed E-state index contributed by atoms with van der Waals surface area (Å²) in [4.78, 5) is 15.1. The van der Waals surface area contributed by atoms with E-state index in [1.165, 1.54) is 0 Å². The topological polar surface area (TPSA) is 82.6 Å². The summed E-state index contributed by atoms with van der Waals surface area (Å²) in [6.45, 7) is 4.07. The third-order valence-corrected chi connectivity index (χ3v) is 3.63. The lowest BCUT2D eigenvalue weighted by Crippen LogP contribution is -2.47. The summed E-state index contributed by atoms with van der Waals surface area (Å²) in [6.07, 6.45) is 0.0669. The van der Waals surface area contributed by atoms with Crippen LogP contribution in [0.2, 0.25) is 0 Å². The van der Waals surface area contributed by atoms with Crippen molar-refractivity contribution in [2.75, 3.05) is 39.8 Å². The van der Waals surface area contributed by atoms with Crippen LogP contribution in [0.4, 0.5) is 0 Å². The molecule has 1 amide bonds. The third kappa shape index (κ3) is 5.11. The molecule has 1 atom stereocenters. The molecule has 1 unspecified atom stereocenters. The number of rotatable bonds is 6. The van der Waals surface area contributed by atoms with Gasteiger partial charge >= 0.3 is 0 Å². The summed E-state index contributed by atoms with van der Waals surface area (Å²) in [7, 11) is 1.86. The number of nitriles is 1. The first-order valence-corrected chi connectivity index (χ1v) is 7.36. The maximum absolute atomic E-state index is 10.9. The molecule has 0 bridgehead atoms. The van der Waals surface area contributed by atoms with Crippen molar-refractivity contribution >= 4 is 5.91 Å². The van der Waals surface area contributed by atoms with Gasteiger partial charge in [-0.1, -0.05) is 12.1 Å². The van der Waals surface area contributed by atoms with Crippen molar-refractivity contribution in [3.8, 4) is 6.07 Å². The number of amides is 1. The van der Waals surface area contributed by atoms with Crippen molar-refractivity contribution in [2.24, 2.45) is 5.73 Å². The fourth-order valence-corrected chi connectivity index (χ4v) is 2.71. The van der Waals surface area contributed by atoms with E-state index in [9.17, 15) is 4.79 Å². The summed E-state index contributed by atoms with van der Waals surface area (Å²) in [6, 6.07) is 9.84. The smallest absolute Gasteiger partial charge is 0.231 e. The lowest BCUT2D eigenvalue weighted by molar-refractivity contribution is -0.119. The summed E-state index contributed by atoms with van der Waals surface area (Å²) in [5, 5.41) is 8.95. The van der Waals surface area contributed by atoms with Crippen molar-refractivity contribution < 1.29 is 9.53 Å². The summed E-state index contributed by atoms with van der Waals surface area (Å²) < 4.78 is 5.76. The standard InChI is InChI=1S/C16H22N4O2/c1-19(12-16(18)21)10-15-11-20(5-6-22-15)9-14-4-2-3-13(7-14)8-17/h2-4,7,15H,5-6,9-12H2,1H3,(H2,18,21). The van der Waals surface area contributed by atoms with E-state index in [0.29, 0.717) is 18.7 Å². The number of hydrogen-bond acceptors (Lipinski definition) is 5. The van der Waals surface area contributed by atoms with E-state index < -0.39 is 0 Å². The second-order valence-corrected chi connectivity index (χ2v) is 5.70. The number of primary amides is 1. The Morgan fingerprint density at radius 1 is 1.59 bits per heavy atom. The Morgan fingerprint density at radius 3 is 3.14 bits per heavy atom. The van der Waals surface area contributed by atoms with Gasteiger partial charge in [0, 0.05) is 26.2 Å². The molecule has 2 rings (SSSR count). The van der Waals surface area contributed by atoms with E-state index >= 15 is 0 Å². The van der Waals surface area contributed by atoms with Crippen LogP contribution in [0.25, 0.3) is 0 Å². The Hall–Kier alpha value is -1.94. The molecule has 1 fully saturated rings. The zero-order chi connectivity index (χ0) is 15.9. The van der Waals surface area contributed by atoms with Gasteiger partial charge in [-0.2, -0.15) is 5.26 Å². The van der Waals surface area contributed by atoms with E-state index in [0.717, 1.165) is 25.2 Å². The largest absolute Gasteiger partial charge is 0.374 e. The van der Waals surface area contributed by atoms with E-state index in [1.807, 2.05) is 36.2 Å². The molecule has 1 heterocycles. The average molecular weight is 302 g/mol. The molecule has 0 saturated carbocycles. The van der Waals surface area contributed by atoms with Crippen LogP contribution in [0.15, 0.2) is 24.3 Å². The fourth-order valence-electron chi connectivity index (χ4n) is 2.71. The molecule has 0 aliphatic carbocycles. The first kappa shape index (κ1) is 16.4. The fraction of sp³-hybridized carbons (Fsp3) is 0.500. The van der Waals surface area contributed by atoms with Gasteiger partial charge in [-0.25, -0.2) is 0 Å². The summed E-state index contributed by atoms with van der Waals surface area (Å²) in [5.41, 5.74) is 7.01. The minimum Gasteiger partial charge on any atom is -0.374 e. The Bertz CT molecular complexity index is 555. The molecule has 1 aliphatic heterocycles. The third-order valence-electron chi connectivity index (χ3n) is 3.63. The molecule has 1 saturated heterocycles. The van der Waals surface area contributed by atoms with Gasteiger partial charge in [-0.05, 0) is 24.7 Å². The second-order valence-electron chi connectivity index (χ2n) is 5.70. The second kappa shape index (κ2) is 7.90. The molecule has 1 aromatic rings. The quantitative estimate of drug-likeness (QED) is 0.810. The Balaban J connectivity index is 1.87. The SMILES string of the molecule is CN(CC(N)=O)CC1CN(Cc2cccc(C#N)c2)CCO1. The monoisotopic (exact) mass is 302 g/mol. The lowest BCUT2D eigenvalue weighted by atomic mass is 10.1. The van der Waals surface area contributed by atoms with Gasteiger partial charge in [-0.15, -0.1) is 0 Å². The van der Waals surface area contributed by atoms with Crippen LogP contribution in [-0.2, 0) is 16.1 Å². The molecule has 1 aliphatic rings. The molecule has 0 radical (unpaired) electrons. The minimum absolute atomic E-state index is 0.0669. The van der Waals surface area contributed by atoms with Crippen molar-refractivity contribution in [2.45, 2.75) is 12.6 Å². The van der Waals surface area contributed by atoms with Gasteiger partial charge in [0.25, 0.3) is 0 Å². The predicted molar refractivity (Wildman–Crippen MR) is 82.9 cm³/mol. The van der Waals surface area contributed by atoms with Crippen molar-refractivity contribution in [3.05, 3.63) is 35.4 Å². The molecule has 118 valence electrons. The first-order valence-electron chi connectivity index (χ1n) is 7.36. The normalized spacial score (nSPS) is 19.0. The zero-order valence-electron chi connectivity index (χ0n) is 12.9. The highest BCUT2D eigenvalue weighted by Gasteiger charge is 2.22. The van der Waals surface area contributed by atoms with Crippen LogP contribution in [0.1, 0.15) is 11.1 Å². The number of nitrogens with zero attached hydrogens (tertiary/aromatic N) is 3. The van der Waals surface area contributed by atoms with E-state index in [4.69, 9.17) is 15.7 Å². The molecule has 0 aromatic heterocycles. The van der Waals surface area contributed by atoms with Crippen LogP contribution in [-0.4, -0.2) is 61.6 Å². The molecular formula is C16H22N4O2. The van der Waals surface area contributed by atoms with Gasteiger partial charge in [0.05, 0.1) is 30.9 Å². The van der Waals surface area contributed by atoms with Gasteiger partial charge in [0.15, 0.2) is 0 Å². The number of nitrogens with two attached hydrogens (primary N) is 1. The number of hydrogen-bond donors (Lipinski definition) is 1. The molecule has 1 aromatic carbocycles. The number of ether oxygens (including phenoxy) is 1. The molecule has 0 spiro atoms. The summed E-state index contributed by atoms with van der Waals surface area (Å²) >= 11 is 0. The van der Waals surface area contributed by atoms with E-state index in [1.54, 1.807) is 0 Å². The molecule has 6 nitrogen and oxygen atoms in total. The minimum atomic E-state index is -0.330. The lowest BCUT2D eigenvalue weighted by Gasteiger charge is -2.34. The number of morpholine rings is 1. The number of benzene rings is 1. The maximum atomic E-state index is 10.9. The van der Waals surface area contributed by atoms with Crippen LogP contribution in [0.3, 0.4) is 0 Å². The average Bonchev–Trinajstić information content (AvgIpc) is 2.47. The highest BCUT2D eigenvalue weighted by atomic mass is 16.5. The van der Waals surface area contributed by atoms with Crippen molar-refractivity contribution in [3.63, 3.8) is 0 Å². The highest BCUT2D eigenvalue weighted by Crippen LogP contribution is 2.12. The van der Waals surface area contributed by atoms with Crippen molar-refractivity contribution in [1.29, 1.82) is 5.26 Å². The Morgan fingerprint density at radius 2 is 2.41 bits per heavy atom. The van der Waals surface area contributed by atoms with Crippen LogP contribution in [0, 0.1) is 11.3 Å². The molecule has 22 heavy (non-hydrogen) atoms. The van der Waals surface area contributed by atoms with Gasteiger partial charge < -0.3 is 10.5 Å². The first-order chi connectivity index (χ1) is 10.6.